The molecule has 4 aliphatic heterocycles. The van der Waals surface area contributed by atoms with E-state index < -0.39 is 0 Å². The minimum atomic E-state index is -0.139. The molecule has 0 amide bonds. The normalized spacial score (nSPS) is 27.8. The molecule has 0 radical (unpaired) electrons. The molecule has 2 unspecified atom stereocenters. The average molecular weight is 409 g/mol. The Labute approximate surface area is 178 Å². The molecule has 5 rings (SSSR count). The van der Waals surface area contributed by atoms with Gasteiger partial charge in [0, 0.05) is 50.0 Å². The molecule has 6 nitrogen and oxygen atoms in total. The first kappa shape index (κ1) is 19.8. The van der Waals surface area contributed by atoms with Crippen LogP contribution in [0.1, 0.15) is 31.4 Å². The van der Waals surface area contributed by atoms with Gasteiger partial charge < -0.3 is 20.1 Å². The van der Waals surface area contributed by atoms with Crippen LogP contribution < -0.4 is 10.2 Å². The number of allylic oxidation sites excluding steroid dienone is 2. The van der Waals surface area contributed by atoms with Gasteiger partial charge in [0.15, 0.2) is 0 Å². The summed E-state index contributed by atoms with van der Waals surface area (Å²) in [5, 5.41) is 13.4. The summed E-state index contributed by atoms with van der Waals surface area (Å²) in [6.07, 6.45) is 6.12. The number of benzene rings is 1. The van der Waals surface area contributed by atoms with Gasteiger partial charge in [0.25, 0.3) is 0 Å². The topological polar surface area (TPSA) is 60.3 Å². The van der Waals surface area contributed by atoms with Crippen LogP contribution in [0.4, 0.5) is 5.69 Å². The summed E-state index contributed by atoms with van der Waals surface area (Å²) in [4.78, 5) is 9.78. The molecule has 2 atom stereocenters. The van der Waals surface area contributed by atoms with E-state index in [0.29, 0.717) is 0 Å². The first-order chi connectivity index (χ1) is 14.7. The molecule has 2 saturated heterocycles. The van der Waals surface area contributed by atoms with Crippen molar-refractivity contribution in [3.63, 3.8) is 0 Å². The summed E-state index contributed by atoms with van der Waals surface area (Å²) >= 11 is 0. The highest BCUT2D eigenvalue weighted by atomic mass is 16.5. The molecule has 2 fully saturated rings. The number of aliphatic hydroxyl groups excluding tert-OH is 1. The van der Waals surface area contributed by atoms with E-state index in [9.17, 15) is 5.11 Å². The molecule has 6 heteroatoms. The lowest BCUT2D eigenvalue weighted by Gasteiger charge is -2.33. The van der Waals surface area contributed by atoms with Crippen molar-refractivity contribution in [3.05, 3.63) is 53.4 Å². The van der Waals surface area contributed by atoms with Crippen molar-refractivity contribution in [1.82, 2.24) is 10.2 Å². The molecule has 2 N–H and O–H groups in total. The first-order valence-corrected chi connectivity index (χ1v) is 11.2. The Bertz CT molecular complexity index is 846. The monoisotopic (exact) mass is 408 g/mol. The van der Waals surface area contributed by atoms with Gasteiger partial charge in [-0.3, -0.25) is 9.89 Å². The first-order valence-electron chi connectivity index (χ1n) is 11.2. The van der Waals surface area contributed by atoms with Gasteiger partial charge in [0.05, 0.1) is 36.8 Å². The van der Waals surface area contributed by atoms with Crippen molar-refractivity contribution >= 4 is 11.4 Å². The summed E-state index contributed by atoms with van der Waals surface area (Å²) in [6.45, 7) is 8.49. The minimum Gasteiger partial charge on any atom is -0.393 e. The van der Waals surface area contributed by atoms with Gasteiger partial charge in [-0.2, -0.15) is 0 Å². The van der Waals surface area contributed by atoms with E-state index in [1.165, 1.54) is 28.4 Å². The number of nitrogens with one attached hydrogen (secondary N) is 1. The quantitative estimate of drug-likeness (QED) is 0.802. The van der Waals surface area contributed by atoms with Crippen LogP contribution in [0.3, 0.4) is 0 Å². The lowest BCUT2D eigenvalue weighted by Crippen LogP contribution is -2.37. The third-order valence-corrected chi connectivity index (χ3v) is 6.66. The van der Waals surface area contributed by atoms with Crippen LogP contribution in [0.25, 0.3) is 0 Å². The highest BCUT2D eigenvalue weighted by molar-refractivity contribution is 6.02. The Kier molecular flexibility index (Phi) is 5.63. The number of hydrogen-bond acceptors (Lipinski definition) is 6. The molecule has 30 heavy (non-hydrogen) atoms. The number of rotatable bonds is 4. The van der Waals surface area contributed by atoms with Gasteiger partial charge in [-0.15, -0.1) is 0 Å². The van der Waals surface area contributed by atoms with Crippen LogP contribution in [-0.4, -0.2) is 67.8 Å². The Morgan fingerprint density at radius 1 is 1.10 bits per heavy atom. The predicted molar refractivity (Wildman–Crippen MR) is 120 cm³/mol. The van der Waals surface area contributed by atoms with E-state index in [2.05, 4.69) is 58.5 Å². The molecule has 160 valence electrons. The van der Waals surface area contributed by atoms with Crippen molar-refractivity contribution in [2.75, 3.05) is 50.8 Å². The molecule has 0 saturated carbocycles. The summed E-state index contributed by atoms with van der Waals surface area (Å²) in [5.41, 5.74) is 6.07. The molecule has 0 aromatic heterocycles. The molecular weight excluding hydrogens is 376 g/mol. The fraction of sp³-hybridized carbons (Fsp3) is 0.542. The zero-order valence-corrected chi connectivity index (χ0v) is 17.8. The highest BCUT2D eigenvalue weighted by Gasteiger charge is 2.33. The van der Waals surface area contributed by atoms with Gasteiger partial charge in [-0.1, -0.05) is 18.2 Å². The summed E-state index contributed by atoms with van der Waals surface area (Å²) in [5.74, 6) is 0.278. The number of morpholine rings is 1. The molecule has 0 aliphatic carbocycles. The minimum absolute atomic E-state index is 0.139. The van der Waals surface area contributed by atoms with Crippen LogP contribution in [0.5, 0.6) is 0 Å². The van der Waals surface area contributed by atoms with E-state index in [1.807, 2.05) is 0 Å². The maximum atomic E-state index is 9.76. The molecule has 4 heterocycles. The number of aliphatic imine (C=N–C) groups is 1. The largest absolute Gasteiger partial charge is 0.393 e. The van der Waals surface area contributed by atoms with E-state index in [4.69, 9.17) is 9.73 Å². The zero-order chi connectivity index (χ0) is 20.5. The predicted octanol–water partition coefficient (Wildman–Crippen LogP) is 2.48. The van der Waals surface area contributed by atoms with E-state index in [0.717, 1.165) is 58.8 Å². The zero-order valence-electron chi connectivity index (χ0n) is 17.8. The van der Waals surface area contributed by atoms with Gasteiger partial charge in [0.1, 0.15) is 0 Å². The smallest absolute Gasteiger partial charge is 0.0630 e. The van der Waals surface area contributed by atoms with E-state index >= 15 is 0 Å². The maximum Gasteiger partial charge on any atom is 0.0630 e. The number of fused-ring (bicyclic) bond motifs is 1. The Balaban J connectivity index is 1.31. The van der Waals surface area contributed by atoms with Gasteiger partial charge in [-0.25, -0.2) is 0 Å². The van der Waals surface area contributed by atoms with Crippen molar-refractivity contribution in [3.8, 4) is 0 Å². The Morgan fingerprint density at radius 3 is 2.57 bits per heavy atom. The summed E-state index contributed by atoms with van der Waals surface area (Å²) < 4.78 is 5.47. The maximum absolute atomic E-state index is 9.76. The second-order valence-electron chi connectivity index (χ2n) is 8.87. The molecular formula is C24H32N4O2. The summed E-state index contributed by atoms with van der Waals surface area (Å²) in [6, 6.07) is 9.18. The lowest BCUT2D eigenvalue weighted by molar-refractivity contribution is 0.0422. The van der Waals surface area contributed by atoms with Crippen LogP contribution >= 0.6 is 0 Å². The number of piperidine rings is 1. The number of nitrogens with zero attached hydrogens (tertiary/aromatic N) is 3. The molecule has 0 bridgehead atoms. The SMILES string of the molecule is CC1=CC2=NC(CN3CCOCC3)=CC2C(c2ccc(N3CCC(O)CC3)cc2)N1. The number of ether oxygens (including phenoxy) is 1. The van der Waals surface area contributed by atoms with Crippen LogP contribution in [-0.2, 0) is 4.74 Å². The van der Waals surface area contributed by atoms with Gasteiger partial charge in [0.2, 0.25) is 0 Å². The van der Waals surface area contributed by atoms with Crippen LogP contribution in [0.15, 0.2) is 52.8 Å². The lowest BCUT2D eigenvalue weighted by atomic mass is 9.86. The number of anilines is 1. The van der Waals surface area contributed by atoms with E-state index in [-0.39, 0.29) is 18.1 Å². The molecule has 1 aromatic rings. The van der Waals surface area contributed by atoms with Gasteiger partial charge in [-0.05, 0) is 43.5 Å². The Morgan fingerprint density at radius 2 is 1.83 bits per heavy atom. The number of hydrogen-bond donors (Lipinski definition) is 2. The fourth-order valence-electron chi connectivity index (χ4n) is 4.95. The van der Waals surface area contributed by atoms with Crippen molar-refractivity contribution in [2.24, 2.45) is 10.9 Å². The van der Waals surface area contributed by atoms with E-state index in [1.54, 1.807) is 0 Å². The molecule has 0 spiro atoms. The second kappa shape index (κ2) is 8.53. The third kappa shape index (κ3) is 4.17. The Hall–Kier alpha value is -2.15. The third-order valence-electron chi connectivity index (χ3n) is 6.66. The summed E-state index contributed by atoms with van der Waals surface area (Å²) in [7, 11) is 0. The van der Waals surface area contributed by atoms with Crippen LogP contribution in [0.2, 0.25) is 0 Å². The standard InChI is InChI=1S/C24H32N4O2/c1-17-14-23-22(15-19(26-23)16-27-10-12-30-13-11-27)24(25-17)18-2-4-20(5-3-18)28-8-6-21(29)7-9-28/h2-5,14-15,21-22,24-25,29H,6-13,16H2,1H3. The number of aliphatic hydroxyl groups is 1. The highest BCUT2D eigenvalue weighted by Crippen LogP contribution is 2.35. The van der Waals surface area contributed by atoms with Crippen molar-refractivity contribution in [2.45, 2.75) is 31.9 Å². The molecule has 1 aromatic carbocycles. The average Bonchev–Trinajstić information content (AvgIpc) is 3.16. The fourth-order valence-corrected chi connectivity index (χ4v) is 4.95. The molecule has 4 aliphatic rings. The van der Waals surface area contributed by atoms with Crippen molar-refractivity contribution in [1.29, 1.82) is 0 Å². The second-order valence-corrected chi connectivity index (χ2v) is 8.87. The van der Waals surface area contributed by atoms with Gasteiger partial charge >= 0.3 is 0 Å². The van der Waals surface area contributed by atoms with Crippen LogP contribution in [0, 0.1) is 5.92 Å². The van der Waals surface area contributed by atoms with Crippen molar-refractivity contribution < 1.29 is 9.84 Å².